The molecule has 1 aliphatic carbocycles. The summed E-state index contributed by atoms with van der Waals surface area (Å²) < 4.78 is 0. The predicted molar refractivity (Wildman–Crippen MR) is 78.8 cm³/mol. The van der Waals surface area contributed by atoms with Crippen LogP contribution in [0.5, 0.6) is 0 Å². The molecule has 3 rings (SSSR count). The van der Waals surface area contributed by atoms with Crippen molar-refractivity contribution >= 4 is 11.6 Å². The van der Waals surface area contributed by atoms with Crippen LogP contribution >= 0.6 is 0 Å². The van der Waals surface area contributed by atoms with Gasteiger partial charge in [-0.2, -0.15) is 0 Å². The average Bonchev–Trinajstić information content (AvgIpc) is 3.24. The predicted octanol–water partition coefficient (Wildman–Crippen LogP) is 3.02. The summed E-state index contributed by atoms with van der Waals surface area (Å²) in [6, 6.07) is 2.12. The highest BCUT2D eigenvalue weighted by molar-refractivity contribution is 5.50. The van der Waals surface area contributed by atoms with E-state index in [0.717, 1.165) is 43.0 Å². The molecule has 0 aromatic carbocycles. The molecule has 0 amide bonds. The van der Waals surface area contributed by atoms with Crippen LogP contribution in [0, 0.1) is 5.92 Å². The summed E-state index contributed by atoms with van der Waals surface area (Å²) in [6.45, 7) is 7.64. The zero-order chi connectivity index (χ0) is 13.2. The third kappa shape index (κ3) is 2.99. The second-order valence-electron chi connectivity index (χ2n) is 5.94. The fourth-order valence-corrected chi connectivity index (χ4v) is 2.65. The monoisotopic (exact) mass is 260 g/mol. The first-order chi connectivity index (χ1) is 9.26. The Morgan fingerprint density at radius 2 is 1.95 bits per heavy atom. The van der Waals surface area contributed by atoms with Crippen molar-refractivity contribution in [2.24, 2.45) is 5.92 Å². The van der Waals surface area contributed by atoms with Crippen molar-refractivity contribution in [2.45, 2.75) is 45.4 Å². The number of aromatic nitrogens is 2. The summed E-state index contributed by atoms with van der Waals surface area (Å²) in [4.78, 5) is 11.9. The lowest BCUT2D eigenvalue weighted by atomic mass is 9.99. The van der Waals surface area contributed by atoms with E-state index in [1.165, 1.54) is 25.7 Å². The van der Waals surface area contributed by atoms with E-state index in [0.29, 0.717) is 5.92 Å². The number of anilines is 2. The molecule has 0 unspecified atom stereocenters. The Morgan fingerprint density at radius 3 is 2.58 bits per heavy atom. The first-order valence-electron chi connectivity index (χ1n) is 7.64. The first kappa shape index (κ1) is 12.7. The molecule has 0 atom stereocenters. The zero-order valence-corrected chi connectivity index (χ0v) is 12.0. The maximum atomic E-state index is 4.80. The number of hydrogen-bond donors (Lipinski definition) is 1. The van der Waals surface area contributed by atoms with Gasteiger partial charge in [0.15, 0.2) is 0 Å². The van der Waals surface area contributed by atoms with Gasteiger partial charge in [-0.1, -0.05) is 6.92 Å². The molecule has 1 aliphatic heterocycles. The summed E-state index contributed by atoms with van der Waals surface area (Å²) in [7, 11) is 0. The van der Waals surface area contributed by atoms with Crippen LogP contribution in [-0.4, -0.2) is 29.6 Å². The van der Waals surface area contributed by atoms with Crippen LogP contribution in [0.2, 0.25) is 0 Å². The van der Waals surface area contributed by atoms with Crippen LogP contribution in [0.4, 0.5) is 11.6 Å². The normalized spacial score (nSPS) is 20.6. The van der Waals surface area contributed by atoms with E-state index in [2.05, 4.69) is 35.1 Å². The molecule has 0 radical (unpaired) electrons. The smallest absolute Gasteiger partial charge is 0.136 e. The van der Waals surface area contributed by atoms with Crippen molar-refractivity contribution in [1.82, 2.24) is 9.97 Å². The van der Waals surface area contributed by atoms with Crippen molar-refractivity contribution in [3.8, 4) is 0 Å². The molecule has 1 aromatic rings. The van der Waals surface area contributed by atoms with Gasteiger partial charge in [-0.3, -0.25) is 0 Å². The zero-order valence-electron chi connectivity index (χ0n) is 12.0. The van der Waals surface area contributed by atoms with Gasteiger partial charge in [0.1, 0.15) is 17.5 Å². The molecule has 1 saturated carbocycles. The molecule has 0 bridgehead atoms. The van der Waals surface area contributed by atoms with Crippen LogP contribution in [0.15, 0.2) is 6.07 Å². The van der Waals surface area contributed by atoms with E-state index in [4.69, 9.17) is 4.98 Å². The van der Waals surface area contributed by atoms with Gasteiger partial charge in [-0.05, 0) is 38.5 Å². The molecule has 104 valence electrons. The van der Waals surface area contributed by atoms with Gasteiger partial charge in [0.25, 0.3) is 0 Å². The summed E-state index contributed by atoms with van der Waals surface area (Å²) >= 11 is 0. The van der Waals surface area contributed by atoms with Crippen LogP contribution in [0.3, 0.4) is 0 Å². The molecule has 4 nitrogen and oxygen atoms in total. The molecule has 2 heterocycles. The van der Waals surface area contributed by atoms with E-state index in [-0.39, 0.29) is 0 Å². The van der Waals surface area contributed by atoms with Gasteiger partial charge in [-0.15, -0.1) is 0 Å². The minimum absolute atomic E-state index is 0.612. The Balaban J connectivity index is 1.82. The summed E-state index contributed by atoms with van der Waals surface area (Å²) in [5.74, 6) is 4.63. The number of hydrogen-bond acceptors (Lipinski definition) is 4. The molecule has 0 spiro atoms. The van der Waals surface area contributed by atoms with Crippen LogP contribution < -0.4 is 10.2 Å². The first-order valence-corrected chi connectivity index (χ1v) is 7.64. The molecule has 1 saturated heterocycles. The van der Waals surface area contributed by atoms with Crippen molar-refractivity contribution in [2.75, 3.05) is 29.9 Å². The molecule has 2 fully saturated rings. The van der Waals surface area contributed by atoms with Gasteiger partial charge < -0.3 is 10.2 Å². The Bertz CT molecular complexity index is 434. The lowest BCUT2D eigenvalue weighted by molar-refractivity contribution is 0.436. The molecule has 1 aromatic heterocycles. The lowest BCUT2D eigenvalue weighted by Gasteiger charge is -2.31. The Kier molecular flexibility index (Phi) is 3.58. The number of piperidine rings is 1. The SMILES string of the molecule is CCNc1cc(N2CCC(C)CC2)nc(C2CC2)n1. The van der Waals surface area contributed by atoms with E-state index in [9.17, 15) is 0 Å². The van der Waals surface area contributed by atoms with Crippen LogP contribution in [0.25, 0.3) is 0 Å². The standard InChI is InChI=1S/C15H24N4/c1-3-16-13-10-14(18-15(17-13)12-4-5-12)19-8-6-11(2)7-9-19/h10-12H,3-9H2,1-2H3,(H,16,17,18). The van der Waals surface area contributed by atoms with Gasteiger partial charge in [0.2, 0.25) is 0 Å². The fourth-order valence-electron chi connectivity index (χ4n) is 2.65. The minimum Gasteiger partial charge on any atom is -0.370 e. The summed E-state index contributed by atoms with van der Waals surface area (Å²) in [6.07, 6.45) is 5.07. The molecule has 4 heteroatoms. The molecular weight excluding hydrogens is 236 g/mol. The second-order valence-corrected chi connectivity index (χ2v) is 5.94. The molecular formula is C15H24N4. The van der Waals surface area contributed by atoms with Gasteiger partial charge in [-0.25, -0.2) is 9.97 Å². The van der Waals surface area contributed by atoms with Crippen LogP contribution in [0.1, 0.15) is 51.3 Å². The van der Waals surface area contributed by atoms with Crippen molar-refractivity contribution in [3.63, 3.8) is 0 Å². The Labute approximate surface area is 115 Å². The summed E-state index contributed by atoms with van der Waals surface area (Å²) in [5.41, 5.74) is 0. The maximum Gasteiger partial charge on any atom is 0.136 e. The summed E-state index contributed by atoms with van der Waals surface area (Å²) in [5, 5.41) is 3.34. The number of nitrogens with zero attached hydrogens (tertiary/aromatic N) is 3. The highest BCUT2D eigenvalue weighted by Crippen LogP contribution is 2.39. The van der Waals surface area contributed by atoms with E-state index in [1.54, 1.807) is 0 Å². The third-order valence-corrected chi connectivity index (χ3v) is 4.14. The van der Waals surface area contributed by atoms with Gasteiger partial charge in [0.05, 0.1) is 0 Å². The fraction of sp³-hybridized carbons (Fsp3) is 0.733. The molecule has 19 heavy (non-hydrogen) atoms. The quantitative estimate of drug-likeness (QED) is 0.903. The maximum absolute atomic E-state index is 4.80. The van der Waals surface area contributed by atoms with Crippen molar-refractivity contribution < 1.29 is 0 Å². The largest absolute Gasteiger partial charge is 0.370 e. The Morgan fingerprint density at radius 1 is 1.21 bits per heavy atom. The highest BCUT2D eigenvalue weighted by atomic mass is 15.2. The number of rotatable bonds is 4. The van der Waals surface area contributed by atoms with E-state index >= 15 is 0 Å². The molecule has 1 N–H and O–H groups in total. The topological polar surface area (TPSA) is 41.0 Å². The van der Waals surface area contributed by atoms with E-state index in [1.807, 2.05) is 0 Å². The van der Waals surface area contributed by atoms with Crippen molar-refractivity contribution in [3.05, 3.63) is 11.9 Å². The molecule has 2 aliphatic rings. The lowest BCUT2D eigenvalue weighted by Crippen LogP contribution is -2.33. The van der Waals surface area contributed by atoms with Gasteiger partial charge >= 0.3 is 0 Å². The number of nitrogens with one attached hydrogen (secondary N) is 1. The average molecular weight is 260 g/mol. The Hall–Kier alpha value is -1.32. The van der Waals surface area contributed by atoms with Crippen molar-refractivity contribution in [1.29, 1.82) is 0 Å². The minimum atomic E-state index is 0.612. The van der Waals surface area contributed by atoms with Gasteiger partial charge in [0, 0.05) is 31.6 Å². The third-order valence-electron chi connectivity index (χ3n) is 4.14. The van der Waals surface area contributed by atoms with Crippen LogP contribution in [-0.2, 0) is 0 Å². The van der Waals surface area contributed by atoms with E-state index < -0.39 is 0 Å². The second kappa shape index (κ2) is 5.35. The highest BCUT2D eigenvalue weighted by Gasteiger charge is 2.28.